The molecule has 0 aliphatic heterocycles. The van der Waals surface area contributed by atoms with Crippen LogP contribution < -0.4 is 11.1 Å². The largest absolute Gasteiger partial charge is 0.365 e. The Bertz CT molecular complexity index is 970. The minimum atomic E-state index is -0.540. The molecule has 6 nitrogen and oxygen atoms in total. The number of hydrogen-bond donors (Lipinski definition) is 2. The van der Waals surface area contributed by atoms with Crippen molar-refractivity contribution in [1.82, 2.24) is 9.78 Å². The van der Waals surface area contributed by atoms with Crippen LogP contribution in [0.2, 0.25) is 0 Å². The Morgan fingerprint density at radius 3 is 2.35 bits per heavy atom. The van der Waals surface area contributed by atoms with E-state index in [4.69, 9.17) is 5.73 Å². The van der Waals surface area contributed by atoms with Gasteiger partial charge in [-0.15, -0.1) is 0 Å². The van der Waals surface area contributed by atoms with E-state index in [1.54, 1.807) is 35.1 Å². The average Bonchev–Trinajstić information content (AvgIpc) is 3.08. The van der Waals surface area contributed by atoms with Crippen LogP contribution in [0, 0.1) is 6.92 Å². The summed E-state index contributed by atoms with van der Waals surface area (Å²) in [5, 5.41) is 7.20. The van der Waals surface area contributed by atoms with Gasteiger partial charge in [0.15, 0.2) is 0 Å². The summed E-state index contributed by atoms with van der Waals surface area (Å²) >= 11 is 0. The highest BCUT2D eigenvalue weighted by Gasteiger charge is 2.16. The number of benzene rings is 2. The van der Waals surface area contributed by atoms with Crippen LogP contribution in [0.5, 0.6) is 0 Å². The highest BCUT2D eigenvalue weighted by atomic mass is 16.1. The lowest BCUT2D eigenvalue weighted by Gasteiger charge is -2.05. The Hall–Kier alpha value is -3.67. The van der Waals surface area contributed by atoms with Crippen molar-refractivity contribution in [3.63, 3.8) is 0 Å². The number of carbonyl (C=O) groups excluding carboxylic acids is 2. The lowest BCUT2D eigenvalue weighted by Crippen LogP contribution is -2.11. The standard InChI is InChI=1S/C20H18N4O2/c1-3-18(25)22-15-8-10-16(11-9-15)24-12-17(20(21)26)19(23-24)14-6-4-13(2)5-7-14/h3-12H,1H2,2H3,(H2,21,26)(H,22,25). The fourth-order valence-corrected chi connectivity index (χ4v) is 2.50. The molecule has 0 unspecified atom stereocenters. The van der Waals surface area contributed by atoms with Gasteiger partial charge in [0.25, 0.3) is 5.91 Å². The Kier molecular flexibility index (Phi) is 4.66. The monoisotopic (exact) mass is 346 g/mol. The van der Waals surface area contributed by atoms with Crippen molar-refractivity contribution in [2.45, 2.75) is 6.92 Å². The predicted octanol–water partition coefficient (Wildman–Crippen LogP) is 3.07. The molecule has 0 bridgehead atoms. The van der Waals surface area contributed by atoms with Gasteiger partial charge in [-0.25, -0.2) is 4.68 Å². The van der Waals surface area contributed by atoms with Gasteiger partial charge in [-0.1, -0.05) is 36.4 Å². The first kappa shape index (κ1) is 17.2. The molecular formula is C20H18N4O2. The third kappa shape index (κ3) is 3.54. The van der Waals surface area contributed by atoms with Gasteiger partial charge in [0.05, 0.1) is 11.3 Å². The number of anilines is 1. The maximum atomic E-state index is 11.8. The number of aryl methyl sites for hydroxylation is 1. The molecule has 0 atom stereocenters. The number of nitrogens with two attached hydrogens (primary N) is 1. The Labute approximate surface area is 151 Å². The molecule has 1 aromatic heterocycles. The van der Waals surface area contributed by atoms with Gasteiger partial charge in [0, 0.05) is 17.4 Å². The number of rotatable bonds is 5. The fraction of sp³-hybridized carbons (Fsp3) is 0.0500. The molecule has 130 valence electrons. The van der Waals surface area contributed by atoms with E-state index >= 15 is 0 Å². The summed E-state index contributed by atoms with van der Waals surface area (Å²) in [7, 11) is 0. The van der Waals surface area contributed by atoms with Gasteiger partial charge in [0.1, 0.15) is 5.69 Å². The SMILES string of the molecule is C=CC(=O)Nc1ccc(-n2cc(C(N)=O)c(-c3ccc(C)cc3)n2)cc1. The Morgan fingerprint density at radius 2 is 1.77 bits per heavy atom. The average molecular weight is 346 g/mol. The lowest BCUT2D eigenvalue weighted by atomic mass is 10.1. The quantitative estimate of drug-likeness (QED) is 0.696. The van der Waals surface area contributed by atoms with Crippen LogP contribution in [0.15, 0.2) is 67.4 Å². The van der Waals surface area contributed by atoms with Gasteiger partial charge in [-0.2, -0.15) is 5.10 Å². The molecule has 0 aliphatic carbocycles. The van der Waals surface area contributed by atoms with Gasteiger partial charge >= 0.3 is 0 Å². The van der Waals surface area contributed by atoms with Crippen LogP contribution in [0.4, 0.5) is 5.69 Å². The topological polar surface area (TPSA) is 90.0 Å². The smallest absolute Gasteiger partial charge is 0.252 e. The molecule has 2 aromatic carbocycles. The molecule has 0 saturated heterocycles. The van der Waals surface area contributed by atoms with Gasteiger partial charge in [0.2, 0.25) is 5.91 Å². The normalized spacial score (nSPS) is 10.3. The maximum Gasteiger partial charge on any atom is 0.252 e. The van der Waals surface area contributed by atoms with E-state index in [-0.39, 0.29) is 5.91 Å². The van der Waals surface area contributed by atoms with Gasteiger partial charge in [-0.05, 0) is 37.3 Å². The first-order valence-electron chi connectivity index (χ1n) is 7.98. The van der Waals surface area contributed by atoms with Gasteiger partial charge in [-0.3, -0.25) is 9.59 Å². The number of aromatic nitrogens is 2. The lowest BCUT2D eigenvalue weighted by molar-refractivity contribution is -0.111. The Balaban J connectivity index is 1.97. The zero-order valence-corrected chi connectivity index (χ0v) is 14.3. The zero-order chi connectivity index (χ0) is 18.7. The minimum absolute atomic E-state index is 0.283. The zero-order valence-electron chi connectivity index (χ0n) is 14.3. The fourth-order valence-electron chi connectivity index (χ4n) is 2.50. The molecule has 3 aromatic rings. The van der Waals surface area contributed by atoms with Crippen molar-refractivity contribution >= 4 is 17.5 Å². The van der Waals surface area contributed by atoms with Gasteiger partial charge < -0.3 is 11.1 Å². The molecule has 0 aliphatic rings. The van der Waals surface area contributed by atoms with E-state index in [0.29, 0.717) is 16.9 Å². The Morgan fingerprint density at radius 1 is 1.12 bits per heavy atom. The molecule has 0 saturated carbocycles. The highest BCUT2D eigenvalue weighted by molar-refractivity contribution is 5.99. The molecule has 3 N–H and O–H groups in total. The number of amides is 2. The summed E-state index contributed by atoms with van der Waals surface area (Å²) < 4.78 is 1.59. The second-order valence-corrected chi connectivity index (χ2v) is 5.81. The molecule has 3 rings (SSSR count). The number of nitrogens with zero attached hydrogens (tertiary/aromatic N) is 2. The van der Waals surface area contributed by atoms with Crippen molar-refractivity contribution in [3.05, 3.63) is 78.5 Å². The van der Waals surface area contributed by atoms with Crippen molar-refractivity contribution in [3.8, 4) is 16.9 Å². The summed E-state index contributed by atoms with van der Waals surface area (Å²) in [6.07, 6.45) is 2.81. The van der Waals surface area contributed by atoms with Crippen LogP contribution in [0.25, 0.3) is 16.9 Å². The van der Waals surface area contributed by atoms with E-state index in [9.17, 15) is 9.59 Å². The van der Waals surface area contributed by atoms with Crippen LogP contribution in [-0.4, -0.2) is 21.6 Å². The van der Waals surface area contributed by atoms with Crippen molar-refractivity contribution in [2.75, 3.05) is 5.32 Å². The summed E-state index contributed by atoms with van der Waals surface area (Å²) in [6.45, 7) is 5.41. The van der Waals surface area contributed by atoms with E-state index in [1.165, 1.54) is 6.08 Å². The number of primary amides is 1. The first-order valence-corrected chi connectivity index (χ1v) is 7.98. The summed E-state index contributed by atoms with van der Waals surface area (Å²) in [5.74, 6) is -0.823. The molecule has 2 amide bonds. The number of nitrogens with one attached hydrogen (secondary N) is 1. The molecule has 0 spiro atoms. The molecule has 0 fully saturated rings. The van der Waals surface area contributed by atoms with Crippen LogP contribution in [-0.2, 0) is 4.79 Å². The van der Waals surface area contributed by atoms with E-state index < -0.39 is 5.91 Å². The molecule has 26 heavy (non-hydrogen) atoms. The molecule has 0 radical (unpaired) electrons. The van der Waals surface area contributed by atoms with Crippen LogP contribution in [0.3, 0.4) is 0 Å². The van der Waals surface area contributed by atoms with E-state index in [1.807, 2.05) is 31.2 Å². The molecule has 6 heteroatoms. The van der Waals surface area contributed by atoms with E-state index in [2.05, 4.69) is 17.0 Å². The predicted molar refractivity (Wildman–Crippen MR) is 101 cm³/mol. The summed E-state index contributed by atoms with van der Waals surface area (Å²) in [5.41, 5.74) is 9.70. The van der Waals surface area contributed by atoms with Crippen molar-refractivity contribution in [2.24, 2.45) is 5.73 Å². The summed E-state index contributed by atoms with van der Waals surface area (Å²) in [6, 6.07) is 14.8. The third-order valence-electron chi connectivity index (χ3n) is 3.89. The first-order chi connectivity index (χ1) is 12.5. The summed E-state index contributed by atoms with van der Waals surface area (Å²) in [4.78, 5) is 23.2. The van der Waals surface area contributed by atoms with Crippen molar-refractivity contribution < 1.29 is 9.59 Å². The molecule has 1 heterocycles. The highest BCUT2D eigenvalue weighted by Crippen LogP contribution is 2.24. The second kappa shape index (κ2) is 7.06. The number of carbonyl (C=O) groups is 2. The van der Waals surface area contributed by atoms with E-state index in [0.717, 1.165) is 16.8 Å². The second-order valence-electron chi connectivity index (χ2n) is 5.81. The molecular weight excluding hydrogens is 328 g/mol. The van der Waals surface area contributed by atoms with Crippen molar-refractivity contribution in [1.29, 1.82) is 0 Å². The minimum Gasteiger partial charge on any atom is -0.365 e. The number of hydrogen-bond acceptors (Lipinski definition) is 3. The maximum absolute atomic E-state index is 11.8. The third-order valence-corrected chi connectivity index (χ3v) is 3.89. The van der Waals surface area contributed by atoms with Crippen LogP contribution in [0.1, 0.15) is 15.9 Å². The van der Waals surface area contributed by atoms with Crippen LogP contribution >= 0.6 is 0 Å².